The van der Waals surface area contributed by atoms with Crippen LogP contribution in [0.2, 0.25) is 0 Å². The molecule has 0 spiro atoms. The second-order valence-electron chi connectivity index (χ2n) is 6.94. The molecular formula is C22H20N2O3S. The first-order valence-corrected chi connectivity index (χ1v) is 10.3. The molecule has 0 amide bonds. The predicted octanol–water partition coefficient (Wildman–Crippen LogP) is 4.30. The third-order valence-electron chi connectivity index (χ3n) is 4.94. The zero-order chi connectivity index (χ0) is 20.1. The number of para-hydroxylation sites is 1. The maximum Gasteiger partial charge on any atom is 0.268 e. The van der Waals surface area contributed by atoms with Gasteiger partial charge in [0.2, 0.25) is 0 Å². The summed E-state index contributed by atoms with van der Waals surface area (Å²) in [6.07, 6.45) is 1.43. The molecule has 0 aliphatic carbocycles. The van der Waals surface area contributed by atoms with Crippen LogP contribution < -0.4 is 4.90 Å². The Morgan fingerprint density at radius 1 is 0.857 bits per heavy atom. The standard InChI is InChI=1S/C22H20N2O3S/c1-15(25)19-14-24(21-11-5-4-8-17(19)21)28(26,27)22-13-7-9-16-18(22)10-6-12-20(16)23(2)3/h4-14H,1-3H3. The van der Waals surface area contributed by atoms with E-state index in [0.717, 1.165) is 11.1 Å². The summed E-state index contributed by atoms with van der Waals surface area (Å²) in [5.41, 5.74) is 1.83. The predicted molar refractivity (Wildman–Crippen MR) is 113 cm³/mol. The van der Waals surface area contributed by atoms with Gasteiger partial charge in [0.1, 0.15) is 0 Å². The number of anilines is 1. The highest BCUT2D eigenvalue weighted by Gasteiger charge is 2.24. The molecule has 0 unspecified atom stereocenters. The fraction of sp³-hybridized carbons (Fsp3) is 0.136. The van der Waals surface area contributed by atoms with E-state index in [0.29, 0.717) is 21.9 Å². The molecule has 0 bridgehead atoms. The summed E-state index contributed by atoms with van der Waals surface area (Å²) in [6, 6.07) is 18.0. The van der Waals surface area contributed by atoms with Crippen LogP contribution in [0.5, 0.6) is 0 Å². The second kappa shape index (κ2) is 6.49. The number of hydrogen-bond acceptors (Lipinski definition) is 4. The maximum absolute atomic E-state index is 13.6. The van der Waals surface area contributed by atoms with Crippen molar-refractivity contribution >= 4 is 43.2 Å². The molecule has 28 heavy (non-hydrogen) atoms. The van der Waals surface area contributed by atoms with Gasteiger partial charge in [-0.3, -0.25) is 4.79 Å². The van der Waals surface area contributed by atoms with Gasteiger partial charge in [-0.05, 0) is 25.1 Å². The maximum atomic E-state index is 13.6. The summed E-state index contributed by atoms with van der Waals surface area (Å²) in [4.78, 5) is 14.2. The van der Waals surface area contributed by atoms with E-state index in [4.69, 9.17) is 0 Å². The molecule has 0 saturated carbocycles. The van der Waals surface area contributed by atoms with E-state index in [9.17, 15) is 13.2 Å². The number of aromatic nitrogens is 1. The Labute approximate surface area is 163 Å². The molecule has 0 radical (unpaired) electrons. The van der Waals surface area contributed by atoms with Crippen LogP contribution in [0.1, 0.15) is 17.3 Å². The van der Waals surface area contributed by atoms with E-state index < -0.39 is 10.0 Å². The Morgan fingerprint density at radius 2 is 1.50 bits per heavy atom. The van der Waals surface area contributed by atoms with Crippen molar-refractivity contribution in [2.24, 2.45) is 0 Å². The smallest absolute Gasteiger partial charge is 0.268 e. The summed E-state index contributed by atoms with van der Waals surface area (Å²) >= 11 is 0. The van der Waals surface area contributed by atoms with E-state index in [1.165, 1.54) is 17.1 Å². The summed E-state index contributed by atoms with van der Waals surface area (Å²) in [7, 11) is -0.0511. The fourth-order valence-electron chi connectivity index (χ4n) is 3.61. The number of carbonyl (C=O) groups excluding carboxylic acids is 1. The number of benzene rings is 3. The molecule has 0 atom stereocenters. The van der Waals surface area contributed by atoms with Gasteiger partial charge in [0.05, 0.1) is 10.4 Å². The highest BCUT2D eigenvalue weighted by atomic mass is 32.2. The lowest BCUT2D eigenvalue weighted by Gasteiger charge is -2.17. The van der Waals surface area contributed by atoms with Gasteiger partial charge < -0.3 is 4.90 Å². The van der Waals surface area contributed by atoms with Crippen LogP contribution in [0, 0.1) is 0 Å². The molecule has 0 aliphatic heterocycles. The Kier molecular flexibility index (Phi) is 4.23. The fourth-order valence-corrected chi connectivity index (χ4v) is 5.20. The third kappa shape index (κ3) is 2.68. The SMILES string of the molecule is CC(=O)c1cn(S(=O)(=O)c2cccc3c(N(C)C)cccc23)c2ccccc12. The van der Waals surface area contributed by atoms with E-state index in [1.54, 1.807) is 36.4 Å². The topological polar surface area (TPSA) is 59.4 Å². The van der Waals surface area contributed by atoms with Gasteiger partial charge in [-0.25, -0.2) is 12.4 Å². The molecule has 3 aromatic carbocycles. The number of hydrogen-bond donors (Lipinski definition) is 0. The van der Waals surface area contributed by atoms with E-state index in [-0.39, 0.29) is 10.7 Å². The second-order valence-corrected chi connectivity index (χ2v) is 8.72. The first-order valence-electron chi connectivity index (χ1n) is 8.88. The minimum atomic E-state index is -3.90. The summed E-state index contributed by atoms with van der Waals surface area (Å²) < 4.78 is 28.5. The highest BCUT2D eigenvalue weighted by molar-refractivity contribution is 7.90. The van der Waals surface area contributed by atoms with Crippen LogP contribution in [-0.4, -0.2) is 32.3 Å². The van der Waals surface area contributed by atoms with Crippen molar-refractivity contribution in [1.82, 2.24) is 3.97 Å². The van der Waals surface area contributed by atoms with Crippen molar-refractivity contribution in [2.75, 3.05) is 19.0 Å². The molecule has 4 aromatic rings. The molecule has 1 heterocycles. The lowest BCUT2D eigenvalue weighted by atomic mass is 10.1. The number of fused-ring (bicyclic) bond motifs is 2. The number of rotatable bonds is 4. The van der Waals surface area contributed by atoms with Crippen LogP contribution in [-0.2, 0) is 10.0 Å². The minimum Gasteiger partial charge on any atom is -0.377 e. The molecule has 0 fully saturated rings. The normalized spacial score (nSPS) is 11.8. The molecule has 0 saturated heterocycles. The zero-order valence-corrected chi connectivity index (χ0v) is 16.7. The Hall–Kier alpha value is -3.12. The number of Topliss-reactive ketones (excluding diaryl/α,β-unsaturated/α-hetero) is 1. The van der Waals surface area contributed by atoms with Gasteiger partial charge in [-0.1, -0.05) is 42.5 Å². The highest BCUT2D eigenvalue weighted by Crippen LogP contribution is 2.33. The number of carbonyl (C=O) groups is 1. The van der Waals surface area contributed by atoms with Gasteiger partial charge in [-0.2, -0.15) is 0 Å². The Bertz CT molecular complexity index is 1330. The van der Waals surface area contributed by atoms with Gasteiger partial charge in [-0.15, -0.1) is 0 Å². The molecule has 0 aliphatic rings. The van der Waals surface area contributed by atoms with Gasteiger partial charge in [0.25, 0.3) is 10.0 Å². The first kappa shape index (κ1) is 18.3. The molecule has 142 valence electrons. The van der Waals surface area contributed by atoms with Crippen LogP contribution >= 0.6 is 0 Å². The molecule has 4 rings (SSSR count). The first-order chi connectivity index (χ1) is 13.3. The van der Waals surface area contributed by atoms with Gasteiger partial charge in [0, 0.05) is 47.7 Å². The Morgan fingerprint density at radius 3 is 2.21 bits per heavy atom. The molecule has 5 nitrogen and oxygen atoms in total. The average molecular weight is 392 g/mol. The van der Waals surface area contributed by atoms with Crippen molar-refractivity contribution in [3.63, 3.8) is 0 Å². The number of ketones is 1. The molecule has 6 heteroatoms. The minimum absolute atomic E-state index is 0.169. The largest absolute Gasteiger partial charge is 0.377 e. The van der Waals surface area contributed by atoms with Crippen LogP contribution in [0.4, 0.5) is 5.69 Å². The van der Waals surface area contributed by atoms with E-state index >= 15 is 0 Å². The van der Waals surface area contributed by atoms with Crippen LogP contribution in [0.3, 0.4) is 0 Å². The van der Waals surface area contributed by atoms with Gasteiger partial charge in [0.15, 0.2) is 5.78 Å². The molecule has 0 N–H and O–H groups in total. The summed E-state index contributed by atoms with van der Waals surface area (Å²) in [5, 5.41) is 2.14. The van der Waals surface area contributed by atoms with Crippen LogP contribution in [0.15, 0.2) is 71.8 Å². The number of nitrogens with zero attached hydrogens (tertiary/aromatic N) is 2. The monoisotopic (exact) mass is 392 g/mol. The summed E-state index contributed by atoms with van der Waals surface area (Å²) in [5.74, 6) is -0.169. The lowest BCUT2D eigenvalue weighted by Crippen LogP contribution is -2.13. The van der Waals surface area contributed by atoms with Crippen LogP contribution in [0.25, 0.3) is 21.7 Å². The van der Waals surface area contributed by atoms with Gasteiger partial charge >= 0.3 is 0 Å². The average Bonchev–Trinajstić information content (AvgIpc) is 3.07. The van der Waals surface area contributed by atoms with Crippen molar-refractivity contribution < 1.29 is 13.2 Å². The van der Waals surface area contributed by atoms with Crippen molar-refractivity contribution in [3.8, 4) is 0 Å². The van der Waals surface area contributed by atoms with E-state index in [1.807, 2.05) is 43.3 Å². The lowest BCUT2D eigenvalue weighted by molar-refractivity contribution is 0.101. The van der Waals surface area contributed by atoms with Crippen molar-refractivity contribution in [1.29, 1.82) is 0 Å². The third-order valence-corrected chi connectivity index (χ3v) is 6.67. The quantitative estimate of drug-likeness (QED) is 0.486. The molecular weight excluding hydrogens is 372 g/mol. The molecule has 1 aromatic heterocycles. The van der Waals surface area contributed by atoms with Crippen molar-refractivity contribution in [2.45, 2.75) is 11.8 Å². The zero-order valence-electron chi connectivity index (χ0n) is 15.9. The van der Waals surface area contributed by atoms with E-state index in [2.05, 4.69) is 0 Å². The Balaban J connectivity index is 2.05. The summed E-state index contributed by atoms with van der Waals surface area (Å²) in [6.45, 7) is 1.44. The van der Waals surface area contributed by atoms with Crippen molar-refractivity contribution in [3.05, 3.63) is 72.4 Å².